The van der Waals surface area contributed by atoms with Gasteiger partial charge in [0.15, 0.2) is 5.82 Å². The molecule has 0 saturated heterocycles. The molecule has 0 saturated carbocycles. The quantitative estimate of drug-likeness (QED) is 0.779. The maximum Gasteiger partial charge on any atom is 0.265 e. The number of pyridine rings is 1. The lowest BCUT2D eigenvalue weighted by atomic mass is 10.3. The van der Waals surface area contributed by atoms with Crippen LogP contribution in [0.5, 0.6) is 0 Å². The average molecular weight is 332 g/mol. The average Bonchev–Trinajstić information content (AvgIpc) is 3.11. The highest BCUT2D eigenvalue weighted by molar-refractivity contribution is 7.92. The molecule has 0 fully saturated rings. The van der Waals surface area contributed by atoms with Gasteiger partial charge >= 0.3 is 0 Å². The van der Waals surface area contributed by atoms with Crippen LogP contribution in [0, 0.1) is 13.8 Å². The Bertz CT molecular complexity index is 943. The molecule has 8 nitrogen and oxygen atoms in total. The van der Waals surface area contributed by atoms with Crippen molar-refractivity contribution >= 4 is 15.7 Å². The van der Waals surface area contributed by atoms with E-state index in [-0.39, 0.29) is 4.90 Å². The van der Waals surface area contributed by atoms with E-state index in [1.54, 1.807) is 50.0 Å². The van der Waals surface area contributed by atoms with Crippen LogP contribution in [0.2, 0.25) is 0 Å². The zero-order chi connectivity index (χ0) is 16.6. The highest BCUT2D eigenvalue weighted by Crippen LogP contribution is 2.22. The molecule has 120 valence electrons. The molecule has 1 N–H and O–H groups in total. The lowest BCUT2D eigenvalue weighted by Crippen LogP contribution is -2.13. The Balaban J connectivity index is 1.93. The lowest BCUT2D eigenvalue weighted by Gasteiger charge is -2.06. The maximum atomic E-state index is 12.5. The Kier molecular flexibility index (Phi) is 3.64. The van der Waals surface area contributed by atoms with E-state index in [1.165, 1.54) is 17.1 Å². The van der Waals surface area contributed by atoms with Crippen LogP contribution in [-0.2, 0) is 17.1 Å². The number of hydrogen-bond acceptors (Lipinski definition) is 5. The number of hydrogen-bond donors (Lipinski definition) is 1. The number of aryl methyl sites for hydroxylation is 2. The van der Waals surface area contributed by atoms with Crippen LogP contribution in [0.1, 0.15) is 11.4 Å². The van der Waals surface area contributed by atoms with Crippen molar-refractivity contribution in [2.24, 2.45) is 7.05 Å². The minimum absolute atomic E-state index is 0.0609. The molecule has 0 aliphatic carbocycles. The van der Waals surface area contributed by atoms with Crippen LogP contribution in [0.4, 0.5) is 5.69 Å². The number of aromatic nitrogens is 5. The zero-order valence-electron chi connectivity index (χ0n) is 12.9. The molecule has 0 aromatic carbocycles. The Morgan fingerprint density at radius 2 is 2.00 bits per heavy atom. The zero-order valence-corrected chi connectivity index (χ0v) is 13.7. The SMILES string of the molecule is Cc1nn(C)c(C)c1NS(=O)(=O)c1cnn(-c2ccccn2)c1. The third-order valence-electron chi connectivity index (χ3n) is 3.50. The molecule has 3 aromatic rings. The van der Waals surface area contributed by atoms with Crippen LogP contribution >= 0.6 is 0 Å². The topological polar surface area (TPSA) is 94.7 Å². The fraction of sp³-hybridized carbons (Fsp3) is 0.214. The van der Waals surface area contributed by atoms with E-state index in [0.29, 0.717) is 17.2 Å². The van der Waals surface area contributed by atoms with Crippen LogP contribution in [0.25, 0.3) is 5.82 Å². The van der Waals surface area contributed by atoms with E-state index in [9.17, 15) is 8.42 Å². The summed E-state index contributed by atoms with van der Waals surface area (Å²) >= 11 is 0. The maximum absolute atomic E-state index is 12.5. The summed E-state index contributed by atoms with van der Waals surface area (Å²) in [6, 6.07) is 5.32. The van der Waals surface area contributed by atoms with Gasteiger partial charge in [-0.25, -0.2) is 18.1 Å². The summed E-state index contributed by atoms with van der Waals surface area (Å²) in [5.74, 6) is 0.544. The van der Waals surface area contributed by atoms with Crippen molar-refractivity contribution in [1.82, 2.24) is 24.5 Å². The number of anilines is 1. The molecule has 23 heavy (non-hydrogen) atoms. The van der Waals surface area contributed by atoms with Crippen LogP contribution in [0.3, 0.4) is 0 Å². The van der Waals surface area contributed by atoms with Crippen molar-refractivity contribution in [1.29, 1.82) is 0 Å². The molecule has 3 heterocycles. The van der Waals surface area contributed by atoms with E-state index in [1.807, 2.05) is 0 Å². The molecule has 0 amide bonds. The Morgan fingerprint density at radius 3 is 2.61 bits per heavy atom. The fourth-order valence-corrected chi connectivity index (χ4v) is 3.28. The lowest BCUT2D eigenvalue weighted by molar-refractivity contribution is 0.601. The predicted molar refractivity (Wildman–Crippen MR) is 84.8 cm³/mol. The summed E-state index contributed by atoms with van der Waals surface area (Å²) in [5.41, 5.74) is 1.84. The van der Waals surface area contributed by atoms with Gasteiger partial charge in [0.1, 0.15) is 4.90 Å². The van der Waals surface area contributed by atoms with Gasteiger partial charge in [-0.3, -0.25) is 9.40 Å². The standard InChI is InChI=1S/C14H16N6O2S/c1-10-14(11(2)19(3)17-10)18-23(21,22)12-8-16-20(9-12)13-6-4-5-7-15-13/h4-9,18H,1-3H3. The van der Waals surface area contributed by atoms with Gasteiger partial charge in [-0.05, 0) is 26.0 Å². The van der Waals surface area contributed by atoms with Gasteiger partial charge in [0, 0.05) is 13.2 Å². The van der Waals surface area contributed by atoms with Crippen molar-refractivity contribution in [3.63, 3.8) is 0 Å². The molecule has 0 bridgehead atoms. The predicted octanol–water partition coefficient (Wildman–Crippen LogP) is 1.42. The second kappa shape index (κ2) is 5.51. The second-order valence-electron chi connectivity index (χ2n) is 5.08. The third-order valence-corrected chi connectivity index (χ3v) is 4.80. The summed E-state index contributed by atoms with van der Waals surface area (Å²) in [5, 5.41) is 8.26. The first-order chi connectivity index (χ1) is 10.9. The van der Waals surface area contributed by atoms with Crippen molar-refractivity contribution in [2.45, 2.75) is 18.7 Å². The Hall–Kier alpha value is -2.68. The normalized spacial score (nSPS) is 11.6. The van der Waals surface area contributed by atoms with Gasteiger partial charge < -0.3 is 0 Å². The van der Waals surface area contributed by atoms with Crippen molar-refractivity contribution in [3.8, 4) is 5.82 Å². The smallest absolute Gasteiger partial charge is 0.265 e. The van der Waals surface area contributed by atoms with Crippen LogP contribution < -0.4 is 4.72 Å². The van der Waals surface area contributed by atoms with E-state index < -0.39 is 10.0 Å². The summed E-state index contributed by atoms with van der Waals surface area (Å²) < 4.78 is 30.7. The molecule has 0 aliphatic rings. The first-order valence-electron chi connectivity index (χ1n) is 6.87. The molecule has 0 radical (unpaired) electrons. The van der Waals surface area contributed by atoms with Crippen LogP contribution in [0.15, 0.2) is 41.7 Å². The van der Waals surface area contributed by atoms with Gasteiger partial charge in [0.05, 0.1) is 29.5 Å². The first-order valence-corrected chi connectivity index (χ1v) is 8.36. The molecular weight excluding hydrogens is 316 g/mol. The Morgan fingerprint density at radius 1 is 1.22 bits per heavy atom. The highest BCUT2D eigenvalue weighted by atomic mass is 32.2. The minimum atomic E-state index is -3.75. The van der Waals surface area contributed by atoms with E-state index in [4.69, 9.17) is 0 Å². The van der Waals surface area contributed by atoms with Gasteiger partial charge in [-0.2, -0.15) is 10.2 Å². The fourth-order valence-electron chi connectivity index (χ4n) is 2.17. The molecule has 0 unspecified atom stereocenters. The molecule has 0 spiro atoms. The highest BCUT2D eigenvalue weighted by Gasteiger charge is 2.21. The van der Waals surface area contributed by atoms with Gasteiger partial charge in [0.2, 0.25) is 0 Å². The van der Waals surface area contributed by atoms with Gasteiger partial charge in [-0.15, -0.1) is 0 Å². The van der Waals surface area contributed by atoms with E-state index >= 15 is 0 Å². The van der Waals surface area contributed by atoms with Crippen LogP contribution in [-0.4, -0.2) is 33.0 Å². The molecule has 3 aromatic heterocycles. The monoisotopic (exact) mass is 332 g/mol. The van der Waals surface area contributed by atoms with Crippen molar-refractivity contribution in [2.75, 3.05) is 4.72 Å². The van der Waals surface area contributed by atoms with Crippen molar-refractivity contribution < 1.29 is 8.42 Å². The van der Waals surface area contributed by atoms with Gasteiger partial charge in [-0.1, -0.05) is 6.07 Å². The third kappa shape index (κ3) is 2.82. The number of rotatable bonds is 4. The summed E-state index contributed by atoms with van der Waals surface area (Å²) in [6.45, 7) is 3.55. The molecular formula is C14H16N6O2S. The Labute approximate surface area is 133 Å². The number of sulfonamides is 1. The number of nitrogens with zero attached hydrogens (tertiary/aromatic N) is 5. The minimum Gasteiger partial charge on any atom is -0.276 e. The first kappa shape index (κ1) is 15.2. The van der Waals surface area contributed by atoms with Crippen molar-refractivity contribution in [3.05, 3.63) is 48.2 Å². The van der Waals surface area contributed by atoms with E-state index in [0.717, 1.165) is 5.69 Å². The largest absolute Gasteiger partial charge is 0.276 e. The number of nitrogens with one attached hydrogen (secondary N) is 1. The van der Waals surface area contributed by atoms with Gasteiger partial charge in [0.25, 0.3) is 10.0 Å². The van der Waals surface area contributed by atoms with E-state index in [2.05, 4.69) is 19.9 Å². The summed E-state index contributed by atoms with van der Waals surface area (Å²) in [6.07, 6.45) is 4.33. The molecule has 9 heteroatoms. The summed E-state index contributed by atoms with van der Waals surface area (Å²) in [4.78, 5) is 4.19. The second-order valence-corrected chi connectivity index (χ2v) is 6.77. The molecule has 0 aliphatic heterocycles. The summed E-state index contributed by atoms with van der Waals surface area (Å²) in [7, 11) is -1.98. The molecule has 0 atom stereocenters. The molecule has 3 rings (SSSR count).